The van der Waals surface area contributed by atoms with Gasteiger partial charge < -0.3 is 20.3 Å². The largest absolute Gasteiger partial charge is 0.497 e. The quantitative estimate of drug-likeness (QED) is 0.660. The zero-order chi connectivity index (χ0) is 22.1. The van der Waals surface area contributed by atoms with E-state index in [4.69, 9.17) is 4.74 Å². The van der Waals surface area contributed by atoms with Crippen molar-refractivity contribution in [2.75, 3.05) is 51.5 Å². The normalized spacial score (nSPS) is 10.4. The van der Waals surface area contributed by atoms with Crippen LogP contribution < -0.4 is 15.4 Å². The first kappa shape index (κ1) is 22.9. The lowest BCUT2D eigenvalue weighted by Crippen LogP contribution is -2.38. The van der Waals surface area contributed by atoms with Gasteiger partial charge in [-0.25, -0.2) is 0 Å². The third-order valence-corrected chi connectivity index (χ3v) is 4.38. The van der Waals surface area contributed by atoms with Crippen molar-refractivity contribution in [1.82, 2.24) is 9.80 Å². The summed E-state index contributed by atoms with van der Waals surface area (Å²) in [6, 6.07) is 13.7. The molecule has 0 aromatic heterocycles. The van der Waals surface area contributed by atoms with Crippen LogP contribution >= 0.6 is 0 Å². The molecule has 0 spiro atoms. The molecule has 0 saturated carbocycles. The highest BCUT2D eigenvalue weighted by Gasteiger charge is 2.14. The second-order valence-electron chi connectivity index (χ2n) is 6.91. The minimum absolute atomic E-state index is 0.0743. The zero-order valence-corrected chi connectivity index (χ0v) is 17.8. The maximum atomic E-state index is 12.3. The van der Waals surface area contributed by atoms with Gasteiger partial charge >= 0.3 is 0 Å². The third kappa shape index (κ3) is 6.89. The Morgan fingerprint density at radius 3 is 1.70 bits per heavy atom. The van der Waals surface area contributed by atoms with Crippen LogP contribution in [0.25, 0.3) is 0 Å². The Hall–Kier alpha value is -3.39. The first-order valence-electron chi connectivity index (χ1n) is 9.60. The van der Waals surface area contributed by atoms with Gasteiger partial charge in [0.2, 0.25) is 11.8 Å². The second-order valence-corrected chi connectivity index (χ2v) is 6.91. The van der Waals surface area contributed by atoms with Crippen LogP contribution in [0.2, 0.25) is 0 Å². The standard InChI is InChI=1S/C22H28N4O4/c1-5-26(15-21(28)24-18-10-12-19(30-4)13-11-18)14-20(27)23-17-8-6-16(7-9-17)22(29)25(2)3/h6-13H,5,14-15H2,1-4H3,(H,23,27)(H,24,28). The van der Waals surface area contributed by atoms with E-state index in [1.165, 1.54) is 4.90 Å². The van der Waals surface area contributed by atoms with Crippen molar-refractivity contribution in [1.29, 1.82) is 0 Å². The van der Waals surface area contributed by atoms with E-state index < -0.39 is 0 Å². The van der Waals surface area contributed by atoms with Gasteiger partial charge in [0.1, 0.15) is 5.75 Å². The Morgan fingerprint density at radius 1 is 0.833 bits per heavy atom. The zero-order valence-electron chi connectivity index (χ0n) is 17.8. The number of nitrogens with zero attached hydrogens (tertiary/aromatic N) is 2. The first-order valence-corrected chi connectivity index (χ1v) is 9.60. The lowest BCUT2D eigenvalue weighted by molar-refractivity contribution is -0.119. The minimum atomic E-state index is -0.235. The van der Waals surface area contributed by atoms with Crippen molar-refractivity contribution in [3.05, 3.63) is 54.1 Å². The van der Waals surface area contributed by atoms with Crippen LogP contribution in [0.5, 0.6) is 5.75 Å². The molecule has 0 aliphatic heterocycles. The summed E-state index contributed by atoms with van der Waals surface area (Å²) >= 11 is 0. The topological polar surface area (TPSA) is 91.0 Å². The number of hydrogen-bond acceptors (Lipinski definition) is 5. The Kier molecular flexibility index (Phi) is 8.37. The molecule has 30 heavy (non-hydrogen) atoms. The van der Waals surface area contributed by atoms with Gasteiger partial charge in [-0.2, -0.15) is 0 Å². The lowest BCUT2D eigenvalue weighted by Gasteiger charge is -2.19. The molecule has 0 atom stereocenters. The van der Waals surface area contributed by atoms with Crippen LogP contribution in [0.3, 0.4) is 0 Å². The maximum absolute atomic E-state index is 12.3. The summed E-state index contributed by atoms with van der Waals surface area (Å²) in [5.74, 6) is 0.161. The van der Waals surface area contributed by atoms with Gasteiger partial charge in [-0.1, -0.05) is 6.92 Å². The van der Waals surface area contributed by atoms with E-state index in [0.717, 1.165) is 0 Å². The Balaban J connectivity index is 1.86. The molecule has 2 aromatic carbocycles. The first-order chi connectivity index (χ1) is 14.3. The van der Waals surface area contributed by atoms with E-state index in [1.807, 2.05) is 6.92 Å². The monoisotopic (exact) mass is 412 g/mol. The lowest BCUT2D eigenvalue weighted by atomic mass is 10.2. The molecule has 8 nitrogen and oxygen atoms in total. The highest BCUT2D eigenvalue weighted by Crippen LogP contribution is 2.15. The summed E-state index contributed by atoms with van der Waals surface area (Å²) in [7, 11) is 4.94. The molecule has 0 radical (unpaired) electrons. The number of carbonyl (C=O) groups excluding carboxylic acids is 3. The van der Waals surface area contributed by atoms with Crippen LogP contribution in [0.1, 0.15) is 17.3 Å². The van der Waals surface area contributed by atoms with Gasteiger partial charge in [0, 0.05) is 31.0 Å². The predicted octanol–water partition coefficient (Wildman–Crippen LogP) is 2.30. The summed E-state index contributed by atoms with van der Waals surface area (Å²) in [6.45, 7) is 2.59. The van der Waals surface area contributed by atoms with Gasteiger partial charge in [0.25, 0.3) is 5.91 Å². The molecule has 0 aliphatic carbocycles. The fraction of sp³-hybridized carbons (Fsp3) is 0.318. The average molecular weight is 412 g/mol. The highest BCUT2D eigenvalue weighted by molar-refractivity contribution is 5.96. The molecule has 0 fully saturated rings. The summed E-state index contributed by atoms with van der Waals surface area (Å²) in [5.41, 5.74) is 1.80. The SMILES string of the molecule is CCN(CC(=O)Nc1ccc(OC)cc1)CC(=O)Nc1ccc(C(=O)N(C)C)cc1. The van der Waals surface area contributed by atoms with E-state index >= 15 is 0 Å². The van der Waals surface area contributed by atoms with Crippen LogP contribution in [0.4, 0.5) is 11.4 Å². The molecular formula is C22H28N4O4. The molecule has 0 heterocycles. The van der Waals surface area contributed by atoms with E-state index in [2.05, 4.69) is 10.6 Å². The molecule has 0 aliphatic rings. The van der Waals surface area contributed by atoms with Gasteiger partial charge in [0.05, 0.1) is 20.2 Å². The number of anilines is 2. The number of likely N-dealkylation sites (N-methyl/N-ethyl adjacent to an activating group) is 1. The van der Waals surface area contributed by atoms with Crippen molar-refractivity contribution >= 4 is 29.1 Å². The third-order valence-electron chi connectivity index (χ3n) is 4.38. The van der Waals surface area contributed by atoms with E-state index in [1.54, 1.807) is 74.6 Å². The molecule has 2 rings (SSSR count). The Bertz CT molecular complexity index is 864. The smallest absolute Gasteiger partial charge is 0.253 e. The minimum Gasteiger partial charge on any atom is -0.497 e. The number of amides is 3. The summed E-state index contributed by atoms with van der Waals surface area (Å²) in [5, 5.41) is 5.59. The van der Waals surface area contributed by atoms with Gasteiger partial charge in [-0.3, -0.25) is 19.3 Å². The second kappa shape index (κ2) is 11.0. The number of benzene rings is 2. The number of rotatable bonds is 9. The summed E-state index contributed by atoms with van der Waals surface area (Å²) in [4.78, 5) is 39.8. The Morgan fingerprint density at radius 2 is 1.30 bits per heavy atom. The number of nitrogens with one attached hydrogen (secondary N) is 2. The summed E-state index contributed by atoms with van der Waals surface area (Å²) < 4.78 is 5.09. The molecule has 160 valence electrons. The molecule has 0 bridgehead atoms. The van der Waals surface area contributed by atoms with Gasteiger partial charge in [0.15, 0.2) is 0 Å². The van der Waals surface area contributed by atoms with Gasteiger partial charge in [-0.05, 0) is 55.1 Å². The van der Waals surface area contributed by atoms with E-state index in [9.17, 15) is 14.4 Å². The predicted molar refractivity (Wildman–Crippen MR) is 117 cm³/mol. The fourth-order valence-electron chi connectivity index (χ4n) is 2.72. The number of hydrogen-bond donors (Lipinski definition) is 2. The van der Waals surface area contributed by atoms with Gasteiger partial charge in [-0.15, -0.1) is 0 Å². The van der Waals surface area contributed by atoms with Crippen LogP contribution in [0, 0.1) is 0 Å². The summed E-state index contributed by atoms with van der Waals surface area (Å²) in [6.07, 6.45) is 0. The molecule has 3 amide bonds. The number of methoxy groups -OCH3 is 1. The highest BCUT2D eigenvalue weighted by atomic mass is 16.5. The van der Waals surface area contributed by atoms with Crippen molar-refractivity contribution in [3.63, 3.8) is 0 Å². The van der Waals surface area contributed by atoms with Crippen LogP contribution in [0.15, 0.2) is 48.5 Å². The Labute approximate surface area is 176 Å². The number of carbonyl (C=O) groups is 3. The van der Waals surface area contributed by atoms with E-state index in [-0.39, 0.29) is 30.8 Å². The van der Waals surface area contributed by atoms with Crippen molar-refractivity contribution in [2.24, 2.45) is 0 Å². The van der Waals surface area contributed by atoms with Crippen LogP contribution in [-0.2, 0) is 9.59 Å². The average Bonchev–Trinajstić information content (AvgIpc) is 2.73. The van der Waals surface area contributed by atoms with Crippen molar-refractivity contribution in [3.8, 4) is 5.75 Å². The maximum Gasteiger partial charge on any atom is 0.253 e. The molecule has 2 aromatic rings. The van der Waals surface area contributed by atoms with Crippen molar-refractivity contribution in [2.45, 2.75) is 6.92 Å². The molecule has 8 heteroatoms. The molecular weight excluding hydrogens is 384 g/mol. The van der Waals surface area contributed by atoms with Crippen LogP contribution in [-0.4, -0.2) is 68.4 Å². The number of ether oxygens (including phenoxy) is 1. The molecule has 2 N–H and O–H groups in total. The molecule has 0 saturated heterocycles. The fourth-order valence-corrected chi connectivity index (χ4v) is 2.72. The van der Waals surface area contributed by atoms with E-state index in [0.29, 0.717) is 29.2 Å². The molecule has 0 unspecified atom stereocenters. The van der Waals surface area contributed by atoms with Crippen molar-refractivity contribution < 1.29 is 19.1 Å².